The van der Waals surface area contributed by atoms with Crippen molar-refractivity contribution >= 4 is 10.0 Å². The Balaban J connectivity index is 4.22. The average molecular weight is 239 g/mol. The van der Waals surface area contributed by atoms with E-state index in [4.69, 9.17) is 9.84 Å². The van der Waals surface area contributed by atoms with E-state index in [0.29, 0.717) is 13.2 Å². The molecule has 0 fully saturated rings. The fourth-order valence-electron chi connectivity index (χ4n) is 1.19. The lowest BCUT2D eigenvalue weighted by Gasteiger charge is -2.20. The van der Waals surface area contributed by atoms with Gasteiger partial charge in [0.15, 0.2) is 0 Å². The second-order valence-corrected chi connectivity index (χ2v) is 5.22. The molecule has 0 aliphatic carbocycles. The molecule has 0 bridgehead atoms. The van der Waals surface area contributed by atoms with Gasteiger partial charge >= 0.3 is 0 Å². The first-order valence-corrected chi connectivity index (χ1v) is 6.85. The Kier molecular flexibility index (Phi) is 7.95. The maximum Gasteiger partial charge on any atom is 0.216 e. The quantitative estimate of drug-likeness (QED) is 0.578. The van der Waals surface area contributed by atoms with Crippen LogP contribution >= 0.6 is 0 Å². The second kappa shape index (κ2) is 8.04. The van der Waals surface area contributed by atoms with Gasteiger partial charge in [-0.15, -0.1) is 0 Å². The normalized spacial score (nSPS) is 12.3. The highest BCUT2D eigenvalue weighted by molar-refractivity contribution is 7.89. The number of hydrogen-bond donors (Lipinski definition) is 1. The van der Waals surface area contributed by atoms with E-state index >= 15 is 0 Å². The van der Waals surface area contributed by atoms with Crippen LogP contribution in [0.3, 0.4) is 0 Å². The van der Waals surface area contributed by atoms with E-state index in [1.807, 2.05) is 13.8 Å². The Bertz CT molecular complexity index is 234. The molecule has 0 aliphatic heterocycles. The topological polar surface area (TPSA) is 66.8 Å². The molecule has 0 spiro atoms. The molecule has 0 radical (unpaired) electrons. The van der Waals surface area contributed by atoms with Gasteiger partial charge in [-0.05, 0) is 13.3 Å². The zero-order valence-electron chi connectivity index (χ0n) is 9.48. The predicted molar refractivity (Wildman–Crippen MR) is 59.2 cm³/mol. The van der Waals surface area contributed by atoms with Crippen molar-refractivity contribution in [3.63, 3.8) is 0 Å². The highest BCUT2D eigenvalue weighted by Gasteiger charge is 2.19. The van der Waals surface area contributed by atoms with Crippen LogP contribution in [0.5, 0.6) is 0 Å². The Morgan fingerprint density at radius 2 is 1.93 bits per heavy atom. The van der Waals surface area contributed by atoms with Crippen LogP contribution in [0.2, 0.25) is 0 Å². The number of aliphatic hydroxyl groups is 1. The van der Waals surface area contributed by atoms with Crippen molar-refractivity contribution in [1.82, 2.24) is 4.31 Å². The van der Waals surface area contributed by atoms with E-state index in [1.165, 1.54) is 4.31 Å². The monoisotopic (exact) mass is 239 g/mol. The Labute approximate surface area is 92.1 Å². The SMILES string of the molecule is CCCN(CCO)S(=O)(=O)CCOCC. The summed E-state index contributed by atoms with van der Waals surface area (Å²) >= 11 is 0. The molecule has 6 heteroatoms. The molecule has 0 unspecified atom stereocenters. The minimum atomic E-state index is -3.27. The molecule has 0 aromatic rings. The lowest BCUT2D eigenvalue weighted by molar-refractivity contribution is 0.162. The Morgan fingerprint density at radius 3 is 2.40 bits per heavy atom. The summed E-state index contributed by atoms with van der Waals surface area (Å²) in [7, 11) is -3.27. The molecular weight excluding hydrogens is 218 g/mol. The van der Waals surface area contributed by atoms with E-state index < -0.39 is 10.0 Å². The third-order valence-corrected chi connectivity index (χ3v) is 3.74. The second-order valence-electron chi connectivity index (χ2n) is 3.14. The molecule has 0 amide bonds. The molecule has 0 aromatic heterocycles. The van der Waals surface area contributed by atoms with Crippen LogP contribution < -0.4 is 0 Å². The van der Waals surface area contributed by atoms with E-state index in [-0.39, 0.29) is 25.5 Å². The van der Waals surface area contributed by atoms with Crippen molar-refractivity contribution in [2.45, 2.75) is 20.3 Å². The van der Waals surface area contributed by atoms with Gasteiger partial charge in [-0.3, -0.25) is 0 Å². The van der Waals surface area contributed by atoms with Gasteiger partial charge in [-0.2, -0.15) is 4.31 Å². The van der Waals surface area contributed by atoms with Gasteiger partial charge in [0.1, 0.15) is 0 Å². The standard InChI is InChI=1S/C9H21NO4S/c1-3-5-10(6-7-11)15(12,13)9-8-14-4-2/h11H,3-9H2,1-2H3. The largest absolute Gasteiger partial charge is 0.395 e. The molecule has 5 nitrogen and oxygen atoms in total. The van der Waals surface area contributed by atoms with Crippen molar-refractivity contribution < 1.29 is 18.3 Å². The van der Waals surface area contributed by atoms with Crippen LogP contribution in [0.15, 0.2) is 0 Å². The fourth-order valence-corrected chi connectivity index (χ4v) is 2.60. The smallest absolute Gasteiger partial charge is 0.216 e. The molecule has 1 N–H and O–H groups in total. The minimum Gasteiger partial charge on any atom is -0.395 e. The molecule has 92 valence electrons. The van der Waals surface area contributed by atoms with E-state index in [9.17, 15) is 8.42 Å². The van der Waals surface area contributed by atoms with Crippen LogP contribution in [0, 0.1) is 0 Å². The fraction of sp³-hybridized carbons (Fsp3) is 1.00. The maximum absolute atomic E-state index is 11.7. The summed E-state index contributed by atoms with van der Waals surface area (Å²) in [6.45, 7) is 4.94. The van der Waals surface area contributed by atoms with Crippen molar-refractivity contribution in [2.24, 2.45) is 0 Å². The van der Waals surface area contributed by atoms with Crippen molar-refractivity contribution in [3.8, 4) is 0 Å². The number of ether oxygens (including phenoxy) is 1. The van der Waals surface area contributed by atoms with Crippen LogP contribution in [0.1, 0.15) is 20.3 Å². The van der Waals surface area contributed by atoms with Gasteiger partial charge < -0.3 is 9.84 Å². The van der Waals surface area contributed by atoms with Crippen molar-refractivity contribution in [2.75, 3.05) is 38.7 Å². The Hall–Kier alpha value is -0.170. The van der Waals surface area contributed by atoms with Crippen LogP contribution in [0.25, 0.3) is 0 Å². The van der Waals surface area contributed by atoms with Gasteiger partial charge in [0.05, 0.1) is 19.0 Å². The molecule has 15 heavy (non-hydrogen) atoms. The number of rotatable bonds is 9. The number of aliphatic hydroxyl groups excluding tert-OH is 1. The van der Waals surface area contributed by atoms with Crippen molar-refractivity contribution in [1.29, 1.82) is 0 Å². The molecule has 0 aromatic carbocycles. The van der Waals surface area contributed by atoms with Gasteiger partial charge in [-0.1, -0.05) is 6.92 Å². The zero-order valence-corrected chi connectivity index (χ0v) is 10.3. The number of hydrogen-bond acceptors (Lipinski definition) is 4. The van der Waals surface area contributed by atoms with Gasteiger partial charge in [0, 0.05) is 19.7 Å². The third kappa shape index (κ3) is 6.09. The van der Waals surface area contributed by atoms with Crippen LogP contribution in [-0.4, -0.2) is 56.5 Å². The first-order valence-electron chi connectivity index (χ1n) is 5.24. The van der Waals surface area contributed by atoms with E-state index in [0.717, 1.165) is 6.42 Å². The van der Waals surface area contributed by atoms with Crippen LogP contribution in [0.4, 0.5) is 0 Å². The van der Waals surface area contributed by atoms with Crippen LogP contribution in [-0.2, 0) is 14.8 Å². The first kappa shape index (κ1) is 14.8. The summed E-state index contributed by atoms with van der Waals surface area (Å²) in [5.41, 5.74) is 0. The highest BCUT2D eigenvalue weighted by Crippen LogP contribution is 2.02. The minimum absolute atomic E-state index is 0.0131. The number of nitrogens with zero attached hydrogens (tertiary/aromatic N) is 1. The van der Waals surface area contributed by atoms with E-state index in [2.05, 4.69) is 0 Å². The number of sulfonamides is 1. The summed E-state index contributed by atoms with van der Waals surface area (Å²) in [5.74, 6) is -0.0131. The lowest BCUT2D eigenvalue weighted by Crippen LogP contribution is -2.37. The van der Waals surface area contributed by atoms with Crippen molar-refractivity contribution in [3.05, 3.63) is 0 Å². The molecule has 0 aliphatic rings. The predicted octanol–water partition coefficient (Wildman–Crippen LogP) is 0.0570. The van der Waals surface area contributed by atoms with E-state index in [1.54, 1.807) is 0 Å². The van der Waals surface area contributed by atoms with Gasteiger partial charge in [0.2, 0.25) is 10.0 Å². The average Bonchev–Trinajstić information content (AvgIpc) is 2.18. The molecule has 0 atom stereocenters. The molecule has 0 rings (SSSR count). The van der Waals surface area contributed by atoms with Gasteiger partial charge in [0.25, 0.3) is 0 Å². The third-order valence-electron chi connectivity index (χ3n) is 1.91. The Morgan fingerprint density at radius 1 is 1.27 bits per heavy atom. The zero-order chi connectivity index (χ0) is 11.7. The molecule has 0 heterocycles. The summed E-state index contributed by atoms with van der Waals surface area (Å²) in [4.78, 5) is 0. The summed E-state index contributed by atoms with van der Waals surface area (Å²) in [6, 6.07) is 0. The highest BCUT2D eigenvalue weighted by atomic mass is 32.2. The molecular formula is C9H21NO4S. The lowest BCUT2D eigenvalue weighted by atomic mass is 10.5. The van der Waals surface area contributed by atoms with Gasteiger partial charge in [-0.25, -0.2) is 8.42 Å². The molecule has 0 saturated heterocycles. The summed E-state index contributed by atoms with van der Waals surface area (Å²) in [5, 5.41) is 8.76. The summed E-state index contributed by atoms with van der Waals surface area (Å²) in [6.07, 6.45) is 0.744. The first-order chi connectivity index (χ1) is 7.08. The molecule has 0 saturated carbocycles. The summed E-state index contributed by atoms with van der Waals surface area (Å²) < 4.78 is 29.8. The maximum atomic E-state index is 11.7.